The van der Waals surface area contributed by atoms with Gasteiger partial charge < -0.3 is 46.2 Å². The van der Waals surface area contributed by atoms with E-state index in [0.717, 1.165) is 0 Å². The number of aliphatic hydroxyl groups is 6. The molecule has 0 spiro atoms. The lowest BCUT2D eigenvalue weighted by molar-refractivity contribution is -0.267. The Morgan fingerprint density at radius 2 is 1.69 bits per heavy atom. The number of nitrogens with zero attached hydrogens (tertiary/aromatic N) is 1. The summed E-state index contributed by atoms with van der Waals surface area (Å²) >= 11 is 0. The number of carboxylic acid groups (broad SMARTS) is 1. The van der Waals surface area contributed by atoms with Gasteiger partial charge in [-0.2, -0.15) is 0 Å². The Morgan fingerprint density at radius 1 is 1.08 bits per heavy atom. The van der Waals surface area contributed by atoms with E-state index in [-0.39, 0.29) is 19.4 Å². The van der Waals surface area contributed by atoms with Crippen molar-refractivity contribution in [3.8, 4) is 0 Å². The number of nitrogens with two attached hydrogens (primary N) is 1. The fourth-order valence-electron chi connectivity index (χ4n) is 2.74. The smallest absolute Gasteiger partial charge is 0.326 e. The Bertz CT molecular complexity index is 477. The largest absolute Gasteiger partial charge is 0.480 e. The number of carboxylic acids is 1. The van der Waals surface area contributed by atoms with E-state index in [9.17, 15) is 40.2 Å². The van der Waals surface area contributed by atoms with Crippen molar-refractivity contribution < 1.29 is 50.1 Å². The first-order chi connectivity index (χ1) is 12.2. The first-order valence-electron chi connectivity index (χ1n) is 8.03. The number of aliphatic carboxylic acids is 1. The van der Waals surface area contributed by atoms with E-state index in [4.69, 9.17) is 15.6 Å². The molecule has 0 bridgehead atoms. The molecule has 0 aromatic rings. The minimum Gasteiger partial charge on any atom is -0.480 e. The quantitative estimate of drug-likeness (QED) is 0.189. The molecule has 1 aliphatic rings. The zero-order valence-corrected chi connectivity index (χ0v) is 14.0. The normalized spacial score (nSPS) is 31.3. The van der Waals surface area contributed by atoms with Crippen molar-refractivity contribution >= 4 is 11.9 Å². The fraction of sp³-hybridized carbons (Fsp3) is 0.857. The summed E-state index contributed by atoms with van der Waals surface area (Å²) in [6.07, 6.45) is -9.95. The molecule has 26 heavy (non-hydrogen) atoms. The van der Waals surface area contributed by atoms with Crippen LogP contribution in [0, 0.1) is 0 Å². The number of carbonyl (C=O) groups excluding carboxylic acids is 1. The van der Waals surface area contributed by atoms with Gasteiger partial charge in [-0.25, -0.2) is 4.79 Å². The van der Waals surface area contributed by atoms with Crippen LogP contribution in [0.25, 0.3) is 0 Å². The van der Waals surface area contributed by atoms with Crippen LogP contribution in [0.15, 0.2) is 0 Å². The second-order valence-electron chi connectivity index (χ2n) is 6.00. The standard InChI is InChI=1S/C14H26N2O10/c15-3-6(19)1-2-7(14(24)25)16(9(20)5-18)13-12(23)11(22)10(21)8(4-17)26-13/h6-8,10-13,17-19,21-23H,1-5,15H2,(H,24,25)/t6?,7?,8-,10+,11+,12-,13?/m1/s1. The predicted octanol–water partition coefficient (Wildman–Crippen LogP) is -4.84. The van der Waals surface area contributed by atoms with Gasteiger partial charge in [0.2, 0.25) is 0 Å². The Kier molecular flexibility index (Phi) is 8.79. The SMILES string of the molecule is NCC(O)CCC(C(=O)O)N(C(=O)CO)C1O[C@H](CO)[C@H](O)[C@H](O)[C@H]1O. The maximum Gasteiger partial charge on any atom is 0.326 e. The highest BCUT2D eigenvalue weighted by Crippen LogP contribution is 2.26. The van der Waals surface area contributed by atoms with Crippen molar-refractivity contribution in [3.63, 3.8) is 0 Å². The maximum atomic E-state index is 12.1. The van der Waals surface area contributed by atoms with Crippen molar-refractivity contribution in [3.05, 3.63) is 0 Å². The van der Waals surface area contributed by atoms with Crippen LogP contribution >= 0.6 is 0 Å². The molecule has 1 aliphatic heterocycles. The summed E-state index contributed by atoms with van der Waals surface area (Å²) in [4.78, 5) is 24.3. The van der Waals surface area contributed by atoms with E-state index in [1.54, 1.807) is 0 Å². The number of hydrogen-bond acceptors (Lipinski definition) is 10. The van der Waals surface area contributed by atoms with Gasteiger partial charge in [-0.05, 0) is 12.8 Å². The molecule has 9 N–H and O–H groups in total. The van der Waals surface area contributed by atoms with Crippen LogP contribution in [0.2, 0.25) is 0 Å². The van der Waals surface area contributed by atoms with E-state index in [2.05, 4.69) is 0 Å². The monoisotopic (exact) mass is 382 g/mol. The highest BCUT2D eigenvalue weighted by atomic mass is 16.6. The highest BCUT2D eigenvalue weighted by Gasteiger charge is 2.49. The number of aliphatic hydroxyl groups excluding tert-OH is 6. The summed E-state index contributed by atoms with van der Waals surface area (Å²) in [7, 11) is 0. The van der Waals surface area contributed by atoms with Crippen molar-refractivity contribution in [2.45, 2.75) is 55.6 Å². The topological polar surface area (TPSA) is 214 Å². The number of rotatable bonds is 9. The van der Waals surface area contributed by atoms with Crippen LogP contribution in [0.5, 0.6) is 0 Å². The first kappa shape index (κ1) is 22.7. The van der Waals surface area contributed by atoms with Crippen LogP contribution in [0.4, 0.5) is 0 Å². The van der Waals surface area contributed by atoms with Crippen LogP contribution < -0.4 is 5.73 Å². The summed E-state index contributed by atoms with van der Waals surface area (Å²) in [5.41, 5.74) is 5.26. The summed E-state index contributed by atoms with van der Waals surface area (Å²) in [6, 6.07) is -1.63. The van der Waals surface area contributed by atoms with Crippen LogP contribution in [-0.4, -0.2) is 115 Å². The number of amides is 1. The van der Waals surface area contributed by atoms with E-state index < -0.39 is 67.9 Å². The average molecular weight is 382 g/mol. The molecule has 0 aromatic heterocycles. The molecule has 1 fully saturated rings. The second-order valence-corrected chi connectivity index (χ2v) is 6.00. The van der Waals surface area contributed by atoms with Crippen LogP contribution in [0.3, 0.4) is 0 Å². The van der Waals surface area contributed by atoms with Crippen molar-refractivity contribution in [2.75, 3.05) is 19.8 Å². The molecule has 1 rings (SSSR count). The van der Waals surface area contributed by atoms with E-state index >= 15 is 0 Å². The molecule has 1 heterocycles. The molecule has 0 aromatic carbocycles. The van der Waals surface area contributed by atoms with Gasteiger partial charge in [0.1, 0.15) is 37.1 Å². The molecule has 0 radical (unpaired) electrons. The van der Waals surface area contributed by atoms with Gasteiger partial charge in [-0.1, -0.05) is 0 Å². The first-order valence-corrected chi connectivity index (χ1v) is 8.03. The highest BCUT2D eigenvalue weighted by molar-refractivity contribution is 5.84. The summed E-state index contributed by atoms with van der Waals surface area (Å²) < 4.78 is 5.21. The van der Waals surface area contributed by atoms with E-state index in [1.807, 2.05) is 0 Å². The molecule has 0 saturated carbocycles. The lowest BCUT2D eigenvalue weighted by atomic mass is 9.96. The van der Waals surface area contributed by atoms with Gasteiger partial charge >= 0.3 is 5.97 Å². The van der Waals surface area contributed by atoms with Crippen molar-refractivity contribution in [2.24, 2.45) is 5.73 Å². The molecular weight excluding hydrogens is 356 g/mol. The van der Waals surface area contributed by atoms with Crippen molar-refractivity contribution in [1.29, 1.82) is 0 Å². The molecule has 12 nitrogen and oxygen atoms in total. The zero-order valence-electron chi connectivity index (χ0n) is 14.0. The molecular formula is C14H26N2O10. The maximum absolute atomic E-state index is 12.1. The summed E-state index contributed by atoms with van der Waals surface area (Å²) in [6.45, 7) is -2.02. The Balaban J connectivity index is 3.16. The van der Waals surface area contributed by atoms with Gasteiger partial charge in [-0.15, -0.1) is 0 Å². The second kappa shape index (κ2) is 10.1. The van der Waals surface area contributed by atoms with E-state index in [0.29, 0.717) is 4.90 Å². The molecule has 7 atom stereocenters. The Morgan fingerprint density at radius 3 is 2.15 bits per heavy atom. The molecule has 0 aliphatic carbocycles. The molecule has 1 saturated heterocycles. The molecule has 152 valence electrons. The Labute approximate surface area is 149 Å². The molecule has 1 amide bonds. The number of carbonyl (C=O) groups is 2. The third-order valence-electron chi connectivity index (χ3n) is 4.23. The summed E-state index contributed by atoms with van der Waals surface area (Å²) in [5.74, 6) is -2.63. The predicted molar refractivity (Wildman–Crippen MR) is 83.4 cm³/mol. The van der Waals surface area contributed by atoms with Gasteiger partial charge in [0.25, 0.3) is 5.91 Å². The van der Waals surface area contributed by atoms with Gasteiger partial charge in [0.15, 0.2) is 6.23 Å². The van der Waals surface area contributed by atoms with E-state index in [1.165, 1.54) is 0 Å². The number of ether oxygens (including phenoxy) is 1. The fourth-order valence-corrected chi connectivity index (χ4v) is 2.74. The van der Waals surface area contributed by atoms with Gasteiger partial charge in [-0.3, -0.25) is 9.69 Å². The lowest BCUT2D eigenvalue weighted by Crippen LogP contribution is -2.66. The Hall–Kier alpha value is -1.38. The third-order valence-corrected chi connectivity index (χ3v) is 4.23. The van der Waals surface area contributed by atoms with Crippen LogP contribution in [0.1, 0.15) is 12.8 Å². The zero-order chi connectivity index (χ0) is 20.0. The lowest BCUT2D eigenvalue weighted by Gasteiger charge is -2.46. The van der Waals surface area contributed by atoms with Gasteiger partial charge in [0, 0.05) is 6.54 Å². The molecule has 12 heteroatoms. The van der Waals surface area contributed by atoms with Crippen molar-refractivity contribution in [1.82, 2.24) is 4.90 Å². The minimum absolute atomic E-state index is 0.0971. The number of hydrogen-bond donors (Lipinski definition) is 8. The minimum atomic E-state index is -1.90. The third kappa shape index (κ3) is 5.08. The van der Waals surface area contributed by atoms with Gasteiger partial charge in [0.05, 0.1) is 12.7 Å². The molecule has 3 unspecified atom stereocenters. The summed E-state index contributed by atoms with van der Waals surface area (Å²) in [5, 5.41) is 67.1. The average Bonchev–Trinajstić information content (AvgIpc) is 2.63. The van der Waals surface area contributed by atoms with Crippen LogP contribution in [-0.2, 0) is 14.3 Å².